The van der Waals surface area contributed by atoms with E-state index < -0.39 is 0 Å². The Hall–Kier alpha value is -0.840. The van der Waals surface area contributed by atoms with Crippen molar-refractivity contribution in [1.29, 1.82) is 0 Å². The summed E-state index contributed by atoms with van der Waals surface area (Å²) in [6.07, 6.45) is 7.25. The number of likely N-dealkylation sites (tertiary alicyclic amines) is 1. The van der Waals surface area contributed by atoms with Crippen LogP contribution >= 0.6 is 24.0 Å². The molecule has 1 aromatic heterocycles. The molecule has 2 aliphatic heterocycles. The first-order valence-corrected chi connectivity index (χ1v) is 10.7. The Kier molecular flexibility index (Phi) is 10.8. The molecule has 2 fully saturated rings. The summed E-state index contributed by atoms with van der Waals surface area (Å²) in [7, 11) is 0. The summed E-state index contributed by atoms with van der Waals surface area (Å²) in [5.74, 6) is 1.83. The van der Waals surface area contributed by atoms with Gasteiger partial charge < -0.3 is 24.9 Å². The van der Waals surface area contributed by atoms with E-state index in [1.165, 1.54) is 19.3 Å². The first-order chi connectivity index (χ1) is 13.8. The number of aliphatic imine (C=N–C) groups is 1. The van der Waals surface area contributed by atoms with Gasteiger partial charge in [0, 0.05) is 31.7 Å². The molecule has 0 aliphatic carbocycles. The number of halogens is 1. The summed E-state index contributed by atoms with van der Waals surface area (Å²) in [5.41, 5.74) is -0.0373. The fraction of sp³-hybridized carbons (Fsp3) is 0.762. The van der Waals surface area contributed by atoms with Crippen molar-refractivity contribution in [3.63, 3.8) is 0 Å². The smallest absolute Gasteiger partial charge is 0.191 e. The molecule has 8 heteroatoms. The summed E-state index contributed by atoms with van der Waals surface area (Å²) in [6, 6.07) is 4.24. The molecule has 3 N–H and O–H groups in total. The van der Waals surface area contributed by atoms with Gasteiger partial charge in [-0.15, -0.1) is 24.0 Å². The molecular formula is C21H37IN4O3. The topological polar surface area (TPSA) is 82.3 Å². The van der Waals surface area contributed by atoms with E-state index >= 15 is 0 Å². The van der Waals surface area contributed by atoms with Gasteiger partial charge in [0.15, 0.2) is 5.96 Å². The molecule has 2 atom stereocenters. The zero-order valence-corrected chi connectivity index (χ0v) is 19.9. The lowest BCUT2D eigenvalue weighted by Gasteiger charge is -2.34. The zero-order chi connectivity index (χ0) is 19.7. The van der Waals surface area contributed by atoms with E-state index in [0.29, 0.717) is 13.2 Å². The molecule has 3 heterocycles. The minimum Gasteiger partial charge on any atom is -0.468 e. The van der Waals surface area contributed by atoms with E-state index in [1.54, 1.807) is 6.26 Å². The Bertz CT molecular complexity index is 585. The molecule has 2 aliphatic rings. The standard InChI is InChI=1S/C21H36N4O3.HI/c1-2-22-20(24-16-21(8-12-26)9-14-27-17-21)23-15-18(19-7-6-13-28-19)25-10-4-3-5-11-25;/h6-7,13,18,26H,2-5,8-12,14-17H2,1H3,(H2,22,23,24);1H. The first kappa shape index (κ1) is 24.4. The summed E-state index contributed by atoms with van der Waals surface area (Å²) in [5, 5.41) is 16.3. The van der Waals surface area contributed by atoms with Gasteiger partial charge in [-0.05, 0) is 57.8 Å². The van der Waals surface area contributed by atoms with Crippen molar-refractivity contribution >= 4 is 29.9 Å². The second-order valence-corrected chi connectivity index (χ2v) is 7.98. The molecule has 2 saturated heterocycles. The number of furan rings is 1. The Morgan fingerprint density at radius 3 is 2.76 bits per heavy atom. The number of hydrogen-bond donors (Lipinski definition) is 3. The molecule has 0 saturated carbocycles. The summed E-state index contributed by atoms with van der Waals surface area (Å²) in [6.45, 7) is 8.14. The van der Waals surface area contributed by atoms with Crippen LogP contribution in [0.5, 0.6) is 0 Å². The predicted octanol–water partition coefficient (Wildman–Crippen LogP) is 2.77. The third kappa shape index (κ3) is 7.11. The second-order valence-electron chi connectivity index (χ2n) is 7.98. The van der Waals surface area contributed by atoms with E-state index in [-0.39, 0.29) is 42.0 Å². The number of aliphatic hydroxyl groups excluding tert-OH is 1. The van der Waals surface area contributed by atoms with Crippen molar-refractivity contribution in [2.45, 2.75) is 45.1 Å². The van der Waals surface area contributed by atoms with Crippen molar-refractivity contribution < 1.29 is 14.3 Å². The maximum atomic E-state index is 9.44. The van der Waals surface area contributed by atoms with Gasteiger partial charge in [0.2, 0.25) is 0 Å². The molecule has 166 valence electrons. The van der Waals surface area contributed by atoms with Crippen molar-refractivity contribution in [2.24, 2.45) is 10.4 Å². The van der Waals surface area contributed by atoms with Gasteiger partial charge in [-0.1, -0.05) is 6.42 Å². The van der Waals surface area contributed by atoms with Gasteiger partial charge in [-0.25, -0.2) is 0 Å². The van der Waals surface area contributed by atoms with Gasteiger partial charge in [0.25, 0.3) is 0 Å². The van der Waals surface area contributed by atoms with Gasteiger partial charge in [-0.3, -0.25) is 9.89 Å². The zero-order valence-electron chi connectivity index (χ0n) is 17.6. The molecule has 29 heavy (non-hydrogen) atoms. The Labute approximate surface area is 191 Å². The Morgan fingerprint density at radius 2 is 2.14 bits per heavy atom. The molecule has 1 aromatic rings. The molecule has 3 rings (SSSR count). The lowest BCUT2D eigenvalue weighted by Crippen LogP contribution is -2.45. The highest BCUT2D eigenvalue weighted by molar-refractivity contribution is 14.0. The normalized spacial score (nSPS) is 24.1. The van der Waals surface area contributed by atoms with Crippen LogP contribution in [0.1, 0.15) is 50.8 Å². The van der Waals surface area contributed by atoms with Gasteiger partial charge in [0.05, 0.1) is 25.5 Å². The minimum absolute atomic E-state index is 0. The Morgan fingerprint density at radius 1 is 1.31 bits per heavy atom. The Balaban J connectivity index is 0.00000300. The van der Waals surface area contributed by atoms with Crippen LogP contribution in [0.2, 0.25) is 0 Å². The molecule has 7 nitrogen and oxygen atoms in total. The van der Waals surface area contributed by atoms with Crippen LogP contribution in [0.3, 0.4) is 0 Å². The van der Waals surface area contributed by atoms with Crippen LogP contribution in [0, 0.1) is 5.41 Å². The van der Waals surface area contributed by atoms with Gasteiger partial charge >= 0.3 is 0 Å². The van der Waals surface area contributed by atoms with Crippen molar-refractivity contribution in [1.82, 2.24) is 15.5 Å². The number of nitrogens with one attached hydrogen (secondary N) is 2. The fourth-order valence-electron chi connectivity index (χ4n) is 4.19. The maximum Gasteiger partial charge on any atom is 0.191 e. The van der Waals surface area contributed by atoms with E-state index in [1.807, 2.05) is 6.07 Å². The van der Waals surface area contributed by atoms with Crippen LogP contribution in [-0.2, 0) is 4.74 Å². The summed E-state index contributed by atoms with van der Waals surface area (Å²) in [4.78, 5) is 7.35. The molecule has 2 unspecified atom stereocenters. The SMILES string of the molecule is CCNC(=NCC1(CCO)CCOC1)NCC(c1ccco1)N1CCCCC1.I. The molecule has 0 spiro atoms. The third-order valence-corrected chi connectivity index (χ3v) is 5.91. The molecule has 0 amide bonds. The number of hydrogen-bond acceptors (Lipinski definition) is 5. The number of aliphatic hydroxyl groups is 1. The maximum absolute atomic E-state index is 9.44. The van der Waals surface area contributed by atoms with E-state index in [0.717, 1.165) is 57.3 Å². The molecule has 0 aromatic carbocycles. The van der Waals surface area contributed by atoms with Crippen LogP contribution < -0.4 is 10.6 Å². The van der Waals surface area contributed by atoms with Crippen LogP contribution in [0.4, 0.5) is 0 Å². The van der Waals surface area contributed by atoms with Crippen molar-refractivity contribution in [3.05, 3.63) is 24.2 Å². The van der Waals surface area contributed by atoms with Gasteiger partial charge in [0.1, 0.15) is 5.76 Å². The highest BCUT2D eigenvalue weighted by Crippen LogP contribution is 2.32. The minimum atomic E-state index is -0.0373. The van der Waals surface area contributed by atoms with Crippen LogP contribution in [-0.4, -0.2) is 68.5 Å². The van der Waals surface area contributed by atoms with Crippen molar-refractivity contribution in [3.8, 4) is 0 Å². The summed E-state index contributed by atoms with van der Waals surface area (Å²) < 4.78 is 11.3. The number of nitrogens with zero attached hydrogens (tertiary/aromatic N) is 2. The monoisotopic (exact) mass is 520 g/mol. The number of guanidine groups is 1. The van der Waals surface area contributed by atoms with E-state index in [2.05, 4.69) is 28.5 Å². The molecule has 0 radical (unpaired) electrons. The predicted molar refractivity (Wildman–Crippen MR) is 126 cm³/mol. The highest BCUT2D eigenvalue weighted by atomic mass is 127. The highest BCUT2D eigenvalue weighted by Gasteiger charge is 2.34. The van der Waals surface area contributed by atoms with E-state index in [4.69, 9.17) is 14.1 Å². The quantitative estimate of drug-likeness (QED) is 0.264. The largest absolute Gasteiger partial charge is 0.468 e. The molecule has 0 bridgehead atoms. The fourth-order valence-corrected chi connectivity index (χ4v) is 4.19. The number of ether oxygens (including phenoxy) is 1. The van der Waals surface area contributed by atoms with Crippen molar-refractivity contribution in [2.75, 3.05) is 52.5 Å². The number of rotatable bonds is 9. The van der Waals surface area contributed by atoms with Crippen LogP contribution in [0.25, 0.3) is 0 Å². The molecular weight excluding hydrogens is 483 g/mol. The lowest BCUT2D eigenvalue weighted by molar-refractivity contribution is 0.131. The van der Waals surface area contributed by atoms with Gasteiger partial charge in [-0.2, -0.15) is 0 Å². The first-order valence-electron chi connectivity index (χ1n) is 10.7. The lowest BCUT2D eigenvalue weighted by atomic mass is 9.84. The second kappa shape index (κ2) is 12.8. The average molecular weight is 520 g/mol. The average Bonchev–Trinajstić information content (AvgIpc) is 3.40. The summed E-state index contributed by atoms with van der Waals surface area (Å²) >= 11 is 0. The third-order valence-electron chi connectivity index (χ3n) is 5.91. The number of piperidine rings is 1. The van der Waals surface area contributed by atoms with E-state index in [9.17, 15) is 5.11 Å². The van der Waals surface area contributed by atoms with Crippen LogP contribution in [0.15, 0.2) is 27.8 Å².